The van der Waals surface area contributed by atoms with E-state index in [4.69, 9.17) is 4.42 Å². The summed E-state index contributed by atoms with van der Waals surface area (Å²) >= 11 is 0. The van der Waals surface area contributed by atoms with Crippen LogP contribution < -0.4 is 5.63 Å². The molecular weight excluding hydrogens is 200 g/mol. The lowest BCUT2D eigenvalue weighted by molar-refractivity contribution is 0.547. The van der Waals surface area contributed by atoms with E-state index in [1.165, 1.54) is 5.56 Å². The minimum atomic E-state index is -0.190. The van der Waals surface area contributed by atoms with E-state index < -0.39 is 0 Å². The molecular formula is C14H16O2. The van der Waals surface area contributed by atoms with Crippen molar-refractivity contribution in [2.45, 2.75) is 33.1 Å². The average Bonchev–Trinajstić information content (AvgIpc) is 2.27. The zero-order valence-electron chi connectivity index (χ0n) is 9.75. The SMILES string of the molecule is CCCCc1cc2cc(C)ccc2oc1=O. The maximum atomic E-state index is 11.7. The molecule has 0 radical (unpaired) electrons. The second-order valence-electron chi connectivity index (χ2n) is 4.20. The smallest absolute Gasteiger partial charge is 0.339 e. The molecule has 2 nitrogen and oxygen atoms in total. The van der Waals surface area contributed by atoms with Crippen molar-refractivity contribution in [2.24, 2.45) is 0 Å². The molecule has 0 N–H and O–H groups in total. The van der Waals surface area contributed by atoms with Crippen LogP contribution in [0.15, 0.2) is 33.5 Å². The molecule has 0 spiro atoms. The summed E-state index contributed by atoms with van der Waals surface area (Å²) in [6.07, 6.45) is 2.93. The van der Waals surface area contributed by atoms with E-state index in [1.54, 1.807) is 0 Å². The molecule has 0 amide bonds. The second kappa shape index (κ2) is 4.52. The minimum Gasteiger partial charge on any atom is -0.423 e. The van der Waals surface area contributed by atoms with Crippen LogP contribution in [0.4, 0.5) is 0 Å². The highest BCUT2D eigenvalue weighted by Gasteiger charge is 2.04. The van der Waals surface area contributed by atoms with Crippen molar-refractivity contribution < 1.29 is 4.42 Å². The molecule has 0 saturated carbocycles. The third-order valence-corrected chi connectivity index (χ3v) is 2.76. The van der Waals surface area contributed by atoms with Gasteiger partial charge in [0.15, 0.2) is 0 Å². The summed E-state index contributed by atoms with van der Waals surface area (Å²) in [6, 6.07) is 7.82. The first kappa shape index (κ1) is 10.9. The van der Waals surface area contributed by atoms with E-state index in [2.05, 4.69) is 6.92 Å². The van der Waals surface area contributed by atoms with Crippen molar-refractivity contribution in [2.75, 3.05) is 0 Å². The van der Waals surface area contributed by atoms with Gasteiger partial charge in [-0.05, 0) is 38.0 Å². The van der Waals surface area contributed by atoms with Crippen molar-refractivity contribution in [3.8, 4) is 0 Å². The van der Waals surface area contributed by atoms with Gasteiger partial charge in [0.1, 0.15) is 5.58 Å². The van der Waals surface area contributed by atoms with Crippen LogP contribution in [-0.4, -0.2) is 0 Å². The van der Waals surface area contributed by atoms with Gasteiger partial charge in [-0.2, -0.15) is 0 Å². The molecule has 0 unspecified atom stereocenters. The summed E-state index contributed by atoms with van der Waals surface area (Å²) in [6.45, 7) is 4.16. The summed E-state index contributed by atoms with van der Waals surface area (Å²) in [5, 5.41) is 1.02. The Balaban J connectivity index is 2.51. The highest BCUT2D eigenvalue weighted by Crippen LogP contribution is 2.16. The van der Waals surface area contributed by atoms with E-state index in [9.17, 15) is 4.79 Å². The van der Waals surface area contributed by atoms with Crippen molar-refractivity contribution in [3.05, 3.63) is 45.8 Å². The molecule has 0 fully saturated rings. The van der Waals surface area contributed by atoms with Gasteiger partial charge in [0.25, 0.3) is 0 Å². The van der Waals surface area contributed by atoms with Crippen LogP contribution in [0.3, 0.4) is 0 Å². The normalized spacial score (nSPS) is 10.9. The van der Waals surface area contributed by atoms with Gasteiger partial charge < -0.3 is 4.42 Å². The van der Waals surface area contributed by atoms with Crippen LogP contribution in [0.1, 0.15) is 30.9 Å². The van der Waals surface area contributed by atoms with Crippen LogP contribution in [-0.2, 0) is 6.42 Å². The summed E-state index contributed by atoms with van der Waals surface area (Å²) in [5.74, 6) is 0. The molecule has 0 atom stereocenters. The first-order valence-electron chi connectivity index (χ1n) is 5.74. The third-order valence-electron chi connectivity index (χ3n) is 2.76. The maximum Gasteiger partial charge on any atom is 0.339 e. The van der Waals surface area contributed by atoms with E-state index in [0.29, 0.717) is 5.58 Å². The van der Waals surface area contributed by atoms with Crippen LogP contribution in [0.25, 0.3) is 11.0 Å². The Hall–Kier alpha value is -1.57. The highest BCUT2D eigenvalue weighted by atomic mass is 16.4. The zero-order valence-corrected chi connectivity index (χ0v) is 9.75. The number of rotatable bonds is 3. The Kier molecular flexibility index (Phi) is 3.09. The molecule has 0 aliphatic rings. The predicted octanol–water partition coefficient (Wildman–Crippen LogP) is 3.44. The van der Waals surface area contributed by atoms with E-state index in [1.807, 2.05) is 31.2 Å². The van der Waals surface area contributed by atoms with Crippen molar-refractivity contribution >= 4 is 11.0 Å². The molecule has 0 bridgehead atoms. The van der Waals surface area contributed by atoms with Gasteiger partial charge in [0, 0.05) is 10.9 Å². The summed E-state index contributed by atoms with van der Waals surface area (Å²) < 4.78 is 5.29. The van der Waals surface area contributed by atoms with Crippen LogP contribution >= 0.6 is 0 Å². The number of hydrogen-bond acceptors (Lipinski definition) is 2. The summed E-state index contributed by atoms with van der Waals surface area (Å²) in [7, 11) is 0. The number of unbranched alkanes of at least 4 members (excludes halogenated alkanes) is 1. The van der Waals surface area contributed by atoms with Gasteiger partial charge >= 0.3 is 5.63 Å². The standard InChI is InChI=1S/C14H16O2/c1-3-4-5-11-9-12-8-10(2)6-7-13(12)16-14(11)15/h6-9H,3-5H2,1-2H3. The molecule has 0 aliphatic heterocycles. The molecule has 2 heteroatoms. The fourth-order valence-electron chi connectivity index (χ4n) is 1.83. The Morgan fingerprint density at radius 1 is 1.25 bits per heavy atom. The number of hydrogen-bond donors (Lipinski definition) is 0. The first-order valence-corrected chi connectivity index (χ1v) is 5.74. The molecule has 2 aromatic rings. The lowest BCUT2D eigenvalue weighted by Crippen LogP contribution is -2.06. The topological polar surface area (TPSA) is 30.2 Å². The largest absolute Gasteiger partial charge is 0.423 e. The molecule has 1 heterocycles. The molecule has 0 saturated heterocycles. The number of benzene rings is 1. The lowest BCUT2D eigenvalue weighted by Gasteiger charge is -2.02. The highest BCUT2D eigenvalue weighted by molar-refractivity contribution is 5.77. The monoisotopic (exact) mass is 216 g/mol. The number of aryl methyl sites for hydroxylation is 2. The molecule has 0 aliphatic carbocycles. The summed E-state index contributed by atoms with van der Waals surface area (Å²) in [5.41, 5.74) is 2.46. The minimum absolute atomic E-state index is 0.190. The Morgan fingerprint density at radius 2 is 2.06 bits per heavy atom. The summed E-state index contributed by atoms with van der Waals surface area (Å²) in [4.78, 5) is 11.7. The van der Waals surface area contributed by atoms with Gasteiger partial charge in [-0.1, -0.05) is 25.0 Å². The molecule has 2 rings (SSSR count). The molecule has 16 heavy (non-hydrogen) atoms. The Morgan fingerprint density at radius 3 is 2.81 bits per heavy atom. The van der Waals surface area contributed by atoms with Crippen LogP contribution in [0, 0.1) is 6.92 Å². The second-order valence-corrected chi connectivity index (χ2v) is 4.20. The Labute approximate surface area is 94.9 Å². The number of fused-ring (bicyclic) bond motifs is 1. The average molecular weight is 216 g/mol. The van der Waals surface area contributed by atoms with Crippen LogP contribution in [0.5, 0.6) is 0 Å². The van der Waals surface area contributed by atoms with E-state index >= 15 is 0 Å². The van der Waals surface area contributed by atoms with Crippen molar-refractivity contribution in [1.82, 2.24) is 0 Å². The zero-order chi connectivity index (χ0) is 11.5. The third kappa shape index (κ3) is 2.16. The molecule has 1 aromatic heterocycles. The van der Waals surface area contributed by atoms with Crippen LogP contribution in [0.2, 0.25) is 0 Å². The van der Waals surface area contributed by atoms with Crippen molar-refractivity contribution in [1.29, 1.82) is 0 Å². The van der Waals surface area contributed by atoms with Gasteiger partial charge in [-0.15, -0.1) is 0 Å². The lowest BCUT2D eigenvalue weighted by atomic mass is 10.1. The Bertz CT molecular complexity index is 552. The first-order chi connectivity index (χ1) is 7.70. The van der Waals surface area contributed by atoms with E-state index in [0.717, 1.165) is 30.2 Å². The van der Waals surface area contributed by atoms with Gasteiger partial charge in [0.2, 0.25) is 0 Å². The fourth-order valence-corrected chi connectivity index (χ4v) is 1.83. The predicted molar refractivity (Wildman–Crippen MR) is 65.8 cm³/mol. The quantitative estimate of drug-likeness (QED) is 0.736. The molecule has 84 valence electrons. The van der Waals surface area contributed by atoms with Gasteiger partial charge in [-0.3, -0.25) is 0 Å². The van der Waals surface area contributed by atoms with Crippen molar-refractivity contribution in [3.63, 3.8) is 0 Å². The van der Waals surface area contributed by atoms with Gasteiger partial charge in [0.05, 0.1) is 0 Å². The molecule has 1 aromatic carbocycles. The van der Waals surface area contributed by atoms with E-state index in [-0.39, 0.29) is 5.63 Å². The maximum absolute atomic E-state index is 11.7. The fraction of sp³-hybridized carbons (Fsp3) is 0.357. The van der Waals surface area contributed by atoms with Gasteiger partial charge in [-0.25, -0.2) is 4.79 Å².